The second kappa shape index (κ2) is 5.19. The lowest BCUT2D eigenvalue weighted by atomic mass is 10.3. The maximum atomic E-state index is 10.8. The van der Waals surface area contributed by atoms with E-state index in [4.69, 9.17) is 7.05 Å². The van der Waals surface area contributed by atoms with Crippen molar-refractivity contribution in [2.24, 2.45) is 0 Å². The molecule has 0 spiro atoms. The molecule has 2 radical (unpaired) electrons. The third-order valence-electron chi connectivity index (χ3n) is 2.41. The fourth-order valence-corrected chi connectivity index (χ4v) is 1.40. The standard InChI is InChI=1S/C9H17N3O/c1-10-9(13)3-4-12-7-5-11(2)6-8-12/h1H,3-8H2,2H3,(H,10,13). The van der Waals surface area contributed by atoms with Crippen molar-refractivity contribution in [2.75, 3.05) is 39.8 Å². The van der Waals surface area contributed by atoms with Gasteiger partial charge in [0.05, 0.1) is 7.05 Å². The molecule has 0 bridgehead atoms. The van der Waals surface area contributed by atoms with E-state index in [0.717, 1.165) is 32.7 Å². The highest BCUT2D eigenvalue weighted by Gasteiger charge is 2.13. The van der Waals surface area contributed by atoms with Gasteiger partial charge in [-0.15, -0.1) is 0 Å². The fraction of sp³-hybridized carbons (Fsp3) is 0.778. The average molecular weight is 183 g/mol. The Balaban J connectivity index is 2.12. The van der Waals surface area contributed by atoms with Crippen LogP contribution in [0.3, 0.4) is 0 Å². The molecular formula is C9H17N3O. The lowest BCUT2D eigenvalue weighted by Gasteiger charge is -2.32. The Bertz CT molecular complexity index is 164. The van der Waals surface area contributed by atoms with Crippen LogP contribution >= 0.6 is 0 Å². The van der Waals surface area contributed by atoms with E-state index in [1.165, 1.54) is 0 Å². The number of hydrogen-bond acceptors (Lipinski definition) is 3. The van der Waals surface area contributed by atoms with Crippen molar-refractivity contribution >= 4 is 5.91 Å². The van der Waals surface area contributed by atoms with E-state index >= 15 is 0 Å². The summed E-state index contributed by atoms with van der Waals surface area (Å²) < 4.78 is 0. The molecular weight excluding hydrogens is 166 g/mol. The zero-order chi connectivity index (χ0) is 9.68. The number of nitrogens with zero attached hydrogens (tertiary/aromatic N) is 2. The Morgan fingerprint density at radius 1 is 1.38 bits per heavy atom. The summed E-state index contributed by atoms with van der Waals surface area (Å²) in [6.07, 6.45) is 0.500. The first-order valence-corrected chi connectivity index (χ1v) is 4.62. The summed E-state index contributed by atoms with van der Waals surface area (Å²) in [4.78, 5) is 15.4. The van der Waals surface area contributed by atoms with Crippen molar-refractivity contribution in [1.29, 1.82) is 0 Å². The van der Waals surface area contributed by atoms with E-state index in [1.807, 2.05) is 0 Å². The molecule has 0 aliphatic carbocycles. The molecule has 1 saturated heterocycles. The molecule has 1 heterocycles. The number of carbonyl (C=O) groups excluding carboxylic acids is 1. The van der Waals surface area contributed by atoms with Gasteiger partial charge < -0.3 is 15.1 Å². The molecule has 1 aliphatic heterocycles. The van der Waals surface area contributed by atoms with Crippen LogP contribution in [-0.2, 0) is 4.79 Å². The van der Waals surface area contributed by atoms with Crippen LogP contribution in [0.4, 0.5) is 0 Å². The second-order valence-electron chi connectivity index (χ2n) is 3.46. The number of hydrogen-bond donors (Lipinski definition) is 1. The van der Waals surface area contributed by atoms with Gasteiger partial charge in [0.1, 0.15) is 0 Å². The number of likely N-dealkylation sites (N-methyl/N-ethyl adjacent to an activating group) is 1. The third kappa shape index (κ3) is 3.74. The summed E-state index contributed by atoms with van der Waals surface area (Å²) in [6.45, 7) is 5.09. The third-order valence-corrected chi connectivity index (χ3v) is 2.41. The van der Waals surface area contributed by atoms with Gasteiger partial charge in [-0.25, -0.2) is 0 Å². The highest BCUT2D eigenvalue weighted by molar-refractivity contribution is 5.76. The molecule has 4 heteroatoms. The Hall–Kier alpha value is -0.610. The summed E-state index contributed by atoms with van der Waals surface area (Å²) in [7, 11) is 7.10. The van der Waals surface area contributed by atoms with Crippen molar-refractivity contribution in [3.05, 3.63) is 7.05 Å². The first kappa shape index (κ1) is 10.5. The van der Waals surface area contributed by atoms with Gasteiger partial charge >= 0.3 is 0 Å². The predicted molar refractivity (Wildman–Crippen MR) is 51.0 cm³/mol. The summed E-state index contributed by atoms with van der Waals surface area (Å²) in [5, 5.41) is 2.14. The molecule has 1 aliphatic rings. The van der Waals surface area contributed by atoms with E-state index in [9.17, 15) is 4.79 Å². The van der Waals surface area contributed by atoms with Gasteiger partial charge in [0, 0.05) is 39.1 Å². The van der Waals surface area contributed by atoms with Crippen LogP contribution < -0.4 is 5.32 Å². The van der Waals surface area contributed by atoms with Gasteiger partial charge in [-0.1, -0.05) is 0 Å². The maximum Gasteiger partial charge on any atom is 0.221 e. The Morgan fingerprint density at radius 2 is 2.00 bits per heavy atom. The summed E-state index contributed by atoms with van der Waals surface area (Å²) in [5.74, 6) is -0.0843. The molecule has 4 nitrogen and oxygen atoms in total. The minimum absolute atomic E-state index is 0.0843. The van der Waals surface area contributed by atoms with E-state index in [2.05, 4.69) is 22.2 Å². The van der Waals surface area contributed by atoms with Gasteiger partial charge in [0.25, 0.3) is 0 Å². The van der Waals surface area contributed by atoms with Crippen LogP contribution in [-0.4, -0.2) is 55.5 Å². The second-order valence-corrected chi connectivity index (χ2v) is 3.46. The summed E-state index contributed by atoms with van der Waals surface area (Å²) in [6, 6.07) is 0. The van der Waals surface area contributed by atoms with Crippen molar-refractivity contribution in [2.45, 2.75) is 6.42 Å². The van der Waals surface area contributed by atoms with Crippen LogP contribution in [0.25, 0.3) is 0 Å². The number of nitrogens with one attached hydrogen (secondary N) is 1. The number of amides is 1. The quantitative estimate of drug-likeness (QED) is 0.594. The van der Waals surface area contributed by atoms with Gasteiger partial charge in [-0.05, 0) is 7.05 Å². The van der Waals surface area contributed by atoms with Crippen LogP contribution in [0.15, 0.2) is 0 Å². The van der Waals surface area contributed by atoms with Crippen molar-refractivity contribution in [3.63, 3.8) is 0 Å². The molecule has 1 N–H and O–H groups in total. The monoisotopic (exact) mass is 183 g/mol. The van der Waals surface area contributed by atoms with Crippen molar-refractivity contribution in [3.8, 4) is 0 Å². The lowest BCUT2D eigenvalue weighted by Crippen LogP contribution is -2.45. The highest BCUT2D eigenvalue weighted by Crippen LogP contribution is 1.99. The van der Waals surface area contributed by atoms with Crippen molar-refractivity contribution < 1.29 is 4.79 Å². The smallest absolute Gasteiger partial charge is 0.221 e. The Labute approximate surface area is 79.9 Å². The topological polar surface area (TPSA) is 35.6 Å². The highest BCUT2D eigenvalue weighted by atomic mass is 16.1. The van der Waals surface area contributed by atoms with Crippen LogP contribution in [0, 0.1) is 7.05 Å². The lowest BCUT2D eigenvalue weighted by molar-refractivity contribution is -0.120. The van der Waals surface area contributed by atoms with Gasteiger partial charge in [0.15, 0.2) is 0 Å². The van der Waals surface area contributed by atoms with Crippen LogP contribution in [0.5, 0.6) is 0 Å². The molecule has 0 saturated carbocycles. The normalized spacial score (nSPS) is 20.2. The van der Waals surface area contributed by atoms with E-state index in [-0.39, 0.29) is 5.91 Å². The van der Waals surface area contributed by atoms with Gasteiger partial charge in [0.2, 0.25) is 5.91 Å². The molecule has 1 fully saturated rings. The molecule has 1 amide bonds. The van der Waals surface area contributed by atoms with Crippen LogP contribution in [0.1, 0.15) is 6.42 Å². The SMILES string of the molecule is [CH]NC(=O)CCN1CCN(C)CC1. The zero-order valence-corrected chi connectivity index (χ0v) is 8.12. The Morgan fingerprint density at radius 3 is 2.54 bits per heavy atom. The van der Waals surface area contributed by atoms with E-state index in [1.54, 1.807) is 0 Å². The molecule has 0 aromatic rings. The molecule has 0 atom stereocenters. The van der Waals surface area contributed by atoms with Crippen molar-refractivity contribution in [1.82, 2.24) is 15.1 Å². The summed E-state index contributed by atoms with van der Waals surface area (Å²) in [5.41, 5.74) is 0. The number of piperazine rings is 1. The first-order chi connectivity index (χ1) is 6.22. The molecule has 13 heavy (non-hydrogen) atoms. The number of rotatable bonds is 3. The summed E-state index contributed by atoms with van der Waals surface area (Å²) >= 11 is 0. The molecule has 0 unspecified atom stereocenters. The average Bonchev–Trinajstić information content (AvgIpc) is 2.16. The molecule has 1 rings (SSSR count). The molecule has 74 valence electrons. The molecule has 0 aromatic carbocycles. The first-order valence-electron chi connectivity index (χ1n) is 4.62. The largest absolute Gasteiger partial charge is 0.349 e. The van der Waals surface area contributed by atoms with E-state index in [0.29, 0.717) is 6.42 Å². The minimum Gasteiger partial charge on any atom is -0.349 e. The Kier molecular flexibility index (Phi) is 4.18. The molecule has 0 aromatic heterocycles. The number of carbonyl (C=O) groups is 1. The zero-order valence-electron chi connectivity index (χ0n) is 8.12. The van der Waals surface area contributed by atoms with Gasteiger partial charge in [-0.3, -0.25) is 4.79 Å². The van der Waals surface area contributed by atoms with Crippen LogP contribution in [0.2, 0.25) is 0 Å². The minimum atomic E-state index is -0.0843. The fourth-order valence-electron chi connectivity index (χ4n) is 1.40. The van der Waals surface area contributed by atoms with E-state index < -0.39 is 0 Å². The maximum absolute atomic E-state index is 10.8. The predicted octanol–water partition coefficient (Wildman–Crippen LogP) is -0.591. The van der Waals surface area contributed by atoms with Gasteiger partial charge in [-0.2, -0.15) is 0 Å².